The van der Waals surface area contributed by atoms with E-state index < -0.39 is 0 Å². The molecule has 0 heterocycles. The zero-order chi connectivity index (χ0) is 16.8. The SMILES string of the molecule is C=C1CC[C@H]2C(CN)[C@@H]([C@@]3(C)CC[C@H](O)C[C@@H]3CO)CC[C@]12C. The van der Waals surface area contributed by atoms with Crippen LogP contribution in [0.2, 0.25) is 0 Å². The minimum atomic E-state index is -0.239. The van der Waals surface area contributed by atoms with Crippen molar-refractivity contribution in [3.63, 3.8) is 0 Å². The van der Waals surface area contributed by atoms with Gasteiger partial charge in [0.1, 0.15) is 0 Å². The van der Waals surface area contributed by atoms with Gasteiger partial charge in [0.15, 0.2) is 0 Å². The number of nitrogens with two attached hydrogens (primary N) is 1. The second kappa shape index (κ2) is 6.16. The second-order valence-electron chi connectivity index (χ2n) is 9.02. The van der Waals surface area contributed by atoms with E-state index in [9.17, 15) is 10.2 Å². The minimum Gasteiger partial charge on any atom is -0.396 e. The van der Waals surface area contributed by atoms with Gasteiger partial charge in [0, 0.05) is 6.61 Å². The van der Waals surface area contributed by atoms with Crippen LogP contribution in [-0.2, 0) is 0 Å². The van der Waals surface area contributed by atoms with Gasteiger partial charge >= 0.3 is 0 Å². The van der Waals surface area contributed by atoms with Gasteiger partial charge in [0.05, 0.1) is 6.10 Å². The number of aliphatic hydroxyl groups excluding tert-OH is 2. The molecule has 3 rings (SSSR count). The van der Waals surface area contributed by atoms with Crippen LogP contribution in [0.4, 0.5) is 0 Å². The Hall–Kier alpha value is -0.380. The van der Waals surface area contributed by atoms with Crippen LogP contribution in [0, 0.1) is 34.5 Å². The predicted octanol–water partition coefficient (Wildman–Crippen LogP) is 3.10. The van der Waals surface area contributed by atoms with E-state index in [0.717, 1.165) is 32.2 Å². The molecule has 4 N–H and O–H groups in total. The molecule has 0 aliphatic heterocycles. The molecule has 0 spiro atoms. The van der Waals surface area contributed by atoms with Gasteiger partial charge in [-0.2, -0.15) is 0 Å². The highest BCUT2D eigenvalue weighted by Gasteiger charge is 2.56. The van der Waals surface area contributed by atoms with Gasteiger partial charge in [-0.05, 0) is 86.0 Å². The standard InChI is InChI=1S/C20H35NO2/c1-13-4-5-17-16(11-21)18(7-9-19(13,17)2)20(3)8-6-15(23)10-14(20)12-22/h14-18,22-23H,1,4-12,21H2,2-3H3/t14-,15+,16?,17+,18+,19-,20+/m1/s1. The lowest BCUT2D eigenvalue weighted by molar-refractivity contribution is -0.0916. The summed E-state index contributed by atoms with van der Waals surface area (Å²) in [4.78, 5) is 0. The lowest BCUT2D eigenvalue weighted by atomic mass is 9.49. The monoisotopic (exact) mass is 321 g/mol. The number of rotatable bonds is 3. The maximum absolute atomic E-state index is 10.0. The predicted molar refractivity (Wildman–Crippen MR) is 93.8 cm³/mol. The molecule has 0 bridgehead atoms. The van der Waals surface area contributed by atoms with Crippen molar-refractivity contribution in [2.75, 3.05) is 13.2 Å². The molecule has 0 aromatic heterocycles. The molecule has 7 atom stereocenters. The number of aliphatic hydroxyl groups is 2. The molecule has 0 aromatic rings. The van der Waals surface area contributed by atoms with Crippen LogP contribution < -0.4 is 5.73 Å². The molecule has 132 valence electrons. The van der Waals surface area contributed by atoms with E-state index in [1.54, 1.807) is 0 Å². The van der Waals surface area contributed by atoms with Gasteiger partial charge in [0.25, 0.3) is 0 Å². The summed E-state index contributed by atoms with van der Waals surface area (Å²) in [5.74, 6) is 1.96. The van der Waals surface area contributed by atoms with E-state index >= 15 is 0 Å². The molecule has 3 saturated carbocycles. The second-order valence-corrected chi connectivity index (χ2v) is 9.02. The summed E-state index contributed by atoms with van der Waals surface area (Å²) in [5.41, 5.74) is 8.12. The summed E-state index contributed by atoms with van der Waals surface area (Å²) in [6.45, 7) is 10.1. The summed E-state index contributed by atoms with van der Waals surface area (Å²) < 4.78 is 0. The molecule has 3 aliphatic carbocycles. The molecule has 1 unspecified atom stereocenters. The molecule has 0 amide bonds. The fourth-order valence-corrected chi connectivity index (χ4v) is 6.51. The zero-order valence-electron chi connectivity index (χ0n) is 14.9. The number of hydrogen-bond donors (Lipinski definition) is 3. The maximum atomic E-state index is 10.0. The molecular weight excluding hydrogens is 286 g/mol. The first-order chi connectivity index (χ1) is 10.9. The molecule has 3 aliphatic rings. The van der Waals surface area contributed by atoms with E-state index in [1.807, 2.05) is 0 Å². The van der Waals surface area contributed by atoms with Gasteiger partial charge < -0.3 is 15.9 Å². The average molecular weight is 322 g/mol. The largest absolute Gasteiger partial charge is 0.396 e. The van der Waals surface area contributed by atoms with Crippen molar-refractivity contribution in [3.05, 3.63) is 12.2 Å². The van der Waals surface area contributed by atoms with Crippen LogP contribution in [0.5, 0.6) is 0 Å². The van der Waals surface area contributed by atoms with Gasteiger partial charge in [-0.25, -0.2) is 0 Å². The Labute approximate surface area is 141 Å². The lowest BCUT2D eigenvalue weighted by Crippen LogP contribution is -2.52. The summed E-state index contributed by atoms with van der Waals surface area (Å²) in [6.07, 6.45) is 7.19. The van der Waals surface area contributed by atoms with Crippen LogP contribution >= 0.6 is 0 Å². The molecule has 3 fully saturated rings. The molecular formula is C20H35NO2. The van der Waals surface area contributed by atoms with E-state index in [1.165, 1.54) is 24.8 Å². The van der Waals surface area contributed by atoms with Crippen LogP contribution in [0.15, 0.2) is 12.2 Å². The van der Waals surface area contributed by atoms with E-state index in [-0.39, 0.29) is 29.5 Å². The summed E-state index contributed by atoms with van der Waals surface area (Å²) >= 11 is 0. The number of fused-ring (bicyclic) bond motifs is 1. The Balaban J connectivity index is 1.89. The van der Waals surface area contributed by atoms with Gasteiger partial charge in [-0.1, -0.05) is 26.0 Å². The maximum Gasteiger partial charge on any atom is 0.0544 e. The Kier molecular flexibility index (Phi) is 4.67. The molecule has 3 heteroatoms. The highest BCUT2D eigenvalue weighted by molar-refractivity contribution is 5.20. The van der Waals surface area contributed by atoms with Crippen molar-refractivity contribution in [3.8, 4) is 0 Å². The van der Waals surface area contributed by atoms with Crippen molar-refractivity contribution in [1.82, 2.24) is 0 Å². The molecule has 0 radical (unpaired) electrons. The van der Waals surface area contributed by atoms with Crippen molar-refractivity contribution >= 4 is 0 Å². The van der Waals surface area contributed by atoms with Crippen LogP contribution in [0.3, 0.4) is 0 Å². The summed E-state index contributed by atoms with van der Waals surface area (Å²) in [6, 6.07) is 0. The van der Waals surface area contributed by atoms with Crippen LogP contribution in [0.1, 0.15) is 58.8 Å². The highest BCUT2D eigenvalue weighted by atomic mass is 16.3. The quantitative estimate of drug-likeness (QED) is 0.700. The van der Waals surface area contributed by atoms with Crippen molar-refractivity contribution in [2.24, 2.45) is 40.2 Å². The molecule has 3 nitrogen and oxygen atoms in total. The fourth-order valence-electron chi connectivity index (χ4n) is 6.51. The molecule has 0 saturated heterocycles. The first kappa shape index (κ1) is 17.4. The Morgan fingerprint density at radius 2 is 1.91 bits per heavy atom. The smallest absolute Gasteiger partial charge is 0.0544 e. The number of allylic oxidation sites excluding steroid dienone is 1. The van der Waals surface area contributed by atoms with E-state index in [0.29, 0.717) is 17.8 Å². The Morgan fingerprint density at radius 3 is 2.57 bits per heavy atom. The van der Waals surface area contributed by atoms with Crippen molar-refractivity contribution in [2.45, 2.75) is 64.9 Å². The average Bonchev–Trinajstić information content (AvgIpc) is 2.84. The third-order valence-electron chi connectivity index (χ3n) is 8.24. The van der Waals surface area contributed by atoms with Crippen molar-refractivity contribution in [1.29, 1.82) is 0 Å². The third-order valence-corrected chi connectivity index (χ3v) is 8.24. The first-order valence-corrected chi connectivity index (χ1v) is 9.54. The molecule has 0 aromatic carbocycles. The Bertz CT molecular complexity index is 465. The third kappa shape index (κ3) is 2.60. The van der Waals surface area contributed by atoms with Crippen molar-refractivity contribution < 1.29 is 10.2 Å². The minimum absolute atomic E-state index is 0.114. The van der Waals surface area contributed by atoms with Crippen LogP contribution in [-0.4, -0.2) is 29.5 Å². The van der Waals surface area contributed by atoms with Gasteiger partial charge in [0.2, 0.25) is 0 Å². The van der Waals surface area contributed by atoms with E-state index in [4.69, 9.17) is 5.73 Å². The van der Waals surface area contributed by atoms with Crippen LogP contribution in [0.25, 0.3) is 0 Å². The normalized spacial score (nSPS) is 50.8. The van der Waals surface area contributed by atoms with Gasteiger partial charge in [-0.15, -0.1) is 0 Å². The molecule has 23 heavy (non-hydrogen) atoms. The first-order valence-electron chi connectivity index (χ1n) is 9.54. The number of hydrogen-bond acceptors (Lipinski definition) is 3. The zero-order valence-corrected chi connectivity index (χ0v) is 14.9. The fraction of sp³-hybridized carbons (Fsp3) is 0.900. The lowest BCUT2D eigenvalue weighted by Gasteiger charge is -2.56. The summed E-state index contributed by atoms with van der Waals surface area (Å²) in [5, 5.41) is 20.0. The Morgan fingerprint density at radius 1 is 1.17 bits per heavy atom. The van der Waals surface area contributed by atoms with E-state index in [2.05, 4.69) is 20.4 Å². The van der Waals surface area contributed by atoms with Gasteiger partial charge in [-0.3, -0.25) is 0 Å². The topological polar surface area (TPSA) is 66.5 Å². The highest BCUT2D eigenvalue weighted by Crippen LogP contribution is 2.63. The summed E-state index contributed by atoms with van der Waals surface area (Å²) in [7, 11) is 0.